The van der Waals surface area contributed by atoms with Gasteiger partial charge in [-0.05, 0) is 6.07 Å². The lowest BCUT2D eigenvalue weighted by Gasteiger charge is -2.04. The van der Waals surface area contributed by atoms with Crippen LogP contribution in [-0.4, -0.2) is 31.4 Å². The second kappa shape index (κ2) is 5.32. The van der Waals surface area contributed by atoms with Crippen LogP contribution in [0.25, 0.3) is 0 Å². The Kier molecular flexibility index (Phi) is 4.35. The number of rotatable bonds is 5. The third kappa shape index (κ3) is 3.35. The van der Waals surface area contributed by atoms with Gasteiger partial charge in [-0.3, -0.25) is 4.21 Å². The third-order valence-corrected chi connectivity index (χ3v) is 3.45. The monoisotopic (exact) mass is 249 g/mol. The summed E-state index contributed by atoms with van der Waals surface area (Å²) in [5, 5.41) is 9.23. The Hall–Kier alpha value is -0.810. The summed E-state index contributed by atoms with van der Waals surface area (Å²) in [6.07, 6.45) is 1.54. The molecule has 4 nitrogen and oxygen atoms in total. The average molecular weight is 250 g/mol. The van der Waals surface area contributed by atoms with Crippen molar-refractivity contribution in [2.45, 2.75) is 13.5 Å². The molecular formula is C9H12ClNO3S. The summed E-state index contributed by atoms with van der Waals surface area (Å²) in [6, 6.07) is 1.39. The molecule has 0 saturated heterocycles. The van der Waals surface area contributed by atoms with Gasteiger partial charge in [0.15, 0.2) is 0 Å². The van der Waals surface area contributed by atoms with Crippen molar-refractivity contribution in [3.63, 3.8) is 0 Å². The molecule has 0 aliphatic rings. The molecule has 1 N–H and O–H groups in total. The minimum absolute atomic E-state index is 0.133. The number of carboxylic acid groups (broad SMARTS) is 1. The van der Waals surface area contributed by atoms with Gasteiger partial charge in [0.25, 0.3) is 0 Å². The number of carboxylic acids is 1. The highest BCUT2D eigenvalue weighted by molar-refractivity contribution is 7.84. The Bertz CT molecular complexity index is 389. The third-order valence-electron chi connectivity index (χ3n) is 1.96. The Morgan fingerprint density at radius 1 is 1.67 bits per heavy atom. The lowest BCUT2D eigenvalue weighted by Crippen LogP contribution is -2.13. The lowest BCUT2D eigenvalue weighted by molar-refractivity contribution is 0.0685. The maximum absolute atomic E-state index is 11.2. The van der Waals surface area contributed by atoms with Crippen LogP contribution in [0, 0.1) is 0 Å². The number of nitrogens with zero attached hydrogens (tertiary/aromatic N) is 1. The fraction of sp³-hybridized carbons (Fsp3) is 0.444. The number of hydrogen-bond donors (Lipinski definition) is 1. The van der Waals surface area contributed by atoms with Crippen LogP contribution in [0.3, 0.4) is 0 Å². The molecule has 0 aliphatic carbocycles. The van der Waals surface area contributed by atoms with E-state index in [1.807, 2.05) is 6.92 Å². The second-order valence-electron chi connectivity index (χ2n) is 2.97. The fourth-order valence-electron chi connectivity index (χ4n) is 1.18. The standard InChI is InChI=1S/C9H12ClNO3S/c1-2-15(14)4-3-11-6-7(10)5-8(11)9(12)13/h5-6H,2-4H2,1H3,(H,12,13). The zero-order valence-corrected chi connectivity index (χ0v) is 9.85. The van der Waals surface area contributed by atoms with E-state index >= 15 is 0 Å². The molecule has 0 amide bonds. The van der Waals surface area contributed by atoms with E-state index in [4.69, 9.17) is 16.7 Å². The number of aromatic carboxylic acids is 1. The average Bonchev–Trinajstić information content (AvgIpc) is 2.56. The Morgan fingerprint density at radius 2 is 2.33 bits per heavy atom. The summed E-state index contributed by atoms with van der Waals surface area (Å²) < 4.78 is 12.7. The SMILES string of the molecule is CCS(=O)CCn1cc(Cl)cc1C(=O)O. The summed E-state index contributed by atoms with van der Waals surface area (Å²) in [4.78, 5) is 10.8. The highest BCUT2D eigenvalue weighted by Crippen LogP contribution is 2.14. The largest absolute Gasteiger partial charge is 0.477 e. The highest BCUT2D eigenvalue weighted by Gasteiger charge is 2.11. The summed E-state index contributed by atoms with van der Waals surface area (Å²) in [5.74, 6) is 0.00307. The maximum Gasteiger partial charge on any atom is 0.352 e. The number of aromatic nitrogens is 1. The van der Waals surface area contributed by atoms with E-state index in [1.54, 1.807) is 0 Å². The van der Waals surface area contributed by atoms with Gasteiger partial charge < -0.3 is 9.67 Å². The van der Waals surface area contributed by atoms with Gasteiger partial charge in [0.1, 0.15) is 5.69 Å². The van der Waals surface area contributed by atoms with Crippen molar-refractivity contribution in [1.29, 1.82) is 0 Å². The second-order valence-corrected chi connectivity index (χ2v) is 5.28. The molecule has 1 aromatic rings. The molecule has 0 aromatic carbocycles. The molecule has 1 atom stereocenters. The topological polar surface area (TPSA) is 59.3 Å². The van der Waals surface area contributed by atoms with Gasteiger partial charge in [0.2, 0.25) is 0 Å². The first kappa shape index (κ1) is 12.3. The van der Waals surface area contributed by atoms with E-state index in [1.165, 1.54) is 16.8 Å². The first-order valence-electron chi connectivity index (χ1n) is 4.48. The van der Waals surface area contributed by atoms with Crippen LogP contribution in [0.1, 0.15) is 17.4 Å². The predicted molar refractivity (Wildman–Crippen MR) is 60.0 cm³/mol. The van der Waals surface area contributed by atoms with Crippen LogP contribution in [0.2, 0.25) is 5.02 Å². The van der Waals surface area contributed by atoms with Gasteiger partial charge in [-0.2, -0.15) is 0 Å². The van der Waals surface area contributed by atoms with Crippen molar-refractivity contribution in [3.05, 3.63) is 23.0 Å². The van der Waals surface area contributed by atoms with Crippen LogP contribution in [-0.2, 0) is 17.3 Å². The number of hydrogen-bond acceptors (Lipinski definition) is 2. The van der Waals surface area contributed by atoms with Crippen LogP contribution >= 0.6 is 11.6 Å². The van der Waals surface area contributed by atoms with Gasteiger partial charge in [0, 0.05) is 35.0 Å². The fourth-order valence-corrected chi connectivity index (χ4v) is 2.09. The highest BCUT2D eigenvalue weighted by atomic mass is 35.5. The summed E-state index contributed by atoms with van der Waals surface area (Å²) in [7, 11) is -0.897. The molecule has 15 heavy (non-hydrogen) atoms. The maximum atomic E-state index is 11.2. The van der Waals surface area contributed by atoms with E-state index in [-0.39, 0.29) is 5.69 Å². The van der Waals surface area contributed by atoms with Crippen molar-refractivity contribution < 1.29 is 14.1 Å². The van der Waals surface area contributed by atoms with Gasteiger partial charge in [-0.15, -0.1) is 0 Å². The minimum Gasteiger partial charge on any atom is -0.477 e. The smallest absolute Gasteiger partial charge is 0.352 e. The molecule has 1 aromatic heterocycles. The number of aryl methyl sites for hydroxylation is 1. The lowest BCUT2D eigenvalue weighted by atomic mass is 10.4. The molecule has 84 valence electrons. The van der Waals surface area contributed by atoms with Gasteiger partial charge in [-0.1, -0.05) is 18.5 Å². The molecule has 0 spiro atoms. The molecule has 0 bridgehead atoms. The van der Waals surface area contributed by atoms with Crippen LogP contribution in [0.5, 0.6) is 0 Å². The summed E-state index contributed by atoms with van der Waals surface area (Å²) in [5.41, 5.74) is 0.133. The van der Waals surface area contributed by atoms with Crippen LogP contribution in [0.4, 0.5) is 0 Å². The molecule has 1 rings (SSSR count). The van der Waals surface area contributed by atoms with Crippen LogP contribution in [0.15, 0.2) is 12.3 Å². The first-order chi connectivity index (χ1) is 7.04. The Morgan fingerprint density at radius 3 is 2.87 bits per heavy atom. The minimum atomic E-state index is -1.02. The van der Waals surface area contributed by atoms with E-state index in [0.29, 0.717) is 23.1 Å². The Labute approximate surface area is 95.3 Å². The van der Waals surface area contributed by atoms with Gasteiger partial charge in [0.05, 0.1) is 5.02 Å². The zero-order chi connectivity index (χ0) is 11.4. The summed E-state index contributed by atoms with van der Waals surface area (Å²) >= 11 is 5.70. The molecular weight excluding hydrogens is 238 g/mol. The molecule has 1 unspecified atom stereocenters. The molecule has 0 aliphatic heterocycles. The van der Waals surface area contributed by atoms with Crippen molar-refractivity contribution in [1.82, 2.24) is 4.57 Å². The number of halogens is 1. The molecule has 1 heterocycles. The number of carbonyl (C=O) groups is 1. The van der Waals surface area contributed by atoms with E-state index < -0.39 is 16.8 Å². The molecule has 6 heteroatoms. The van der Waals surface area contributed by atoms with Gasteiger partial charge >= 0.3 is 5.97 Å². The van der Waals surface area contributed by atoms with E-state index in [0.717, 1.165) is 0 Å². The van der Waals surface area contributed by atoms with E-state index in [9.17, 15) is 9.00 Å². The van der Waals surface area contributed by atoms with E-state index in [2.05, 4.69) is 0 Å². The van der Waals surface area contributed by atoms with Crippen LogP contribution < -0.4 is 0 Å². The van der Waals surface area contributed by atoms with Crippen molar-refractivity contribution in [3.8, 4) is 0 Å². The van der Waals surface area contributed by atoms with Gasteiger partial charge in [-0.25, -0.2) is 4.79 Å². The quantitative estimate of drug-likeness (QED) is 0.863. The zero-order valence-electron chi connectivity index (χ0n) is 8.27. The van der Waals surface area contributed by atoms with Crippen molar-refractivity contribution in [2.24, 2.45) is 0 Å². The molecule has 0 fully saturated rings. The molecule has 0 saturated carbocycles. The summed E-state index contributed by atoms with van der Waals surface area (Å²) in [6.45, 7) is 2.24. The van der Waals surface area contributed by atoms with Crippen molar-refractivity contribution >= 4 is 28.4 Å². The Balaban J connectivity index is 2.75. The normalized spacial score (nSPS) is 12.7. The molecule has 0 radical (unpaired) electrons. The van der Waals surface area contributed by atoms with Crippen molar-refractivity contribution in [2.75, 3.05) is 11.5 Å². The predicted octanol–water partition coefficient (Wildman–Crippen LogP) is 1.61. The first-order valence-corrected chi connectivity index (χ1v) is 6.35.